The van der Waals surface area contributed by atoms with Crippen LogP contribution in [0.3, 0.4) is 0 Å². The van der Waals surface area contributed by atoms with Crippen molar-refractivity contribution in [2.75, 3.05) is 53.0 Å². The van der Waals surface area contributed by atoms with Gasteiger partial charge >= 0.3 is 0 Å². The Labute approximate surface area is 206 Å². The highest BCUT2D eigenvalue weighted by Gasteiger charge is 2.32. The van der Waals surface area contributed by atoms with Gasteiger partial charge in [-0.3, -0.25) is 14.4 Å². The van der Waals surface area contributed by atoms with Gasteiger partial charge in [0, 0.05) is 38.9 Å². The van der Waals surface area contributed by atoms with Gasteiger partial charge in [-0.15, -0.1) is 0 Å². The second-order valence-corrected chi connectivity index (χ2v) is 8.32. The Bertz CT molecular complexity index is 996. The molecule has 0 radical (unpaired) electrons. The van der Waals surface area contributed by atoms with E-state index in [9.17, 15) is 14.4 Å². The summed E-state index contributed by atoms with van der Waals surface area (Å²) in [5, 5.41) is 0. The number of pyridine rings is 1. The number of carbonyl (C=O) groups is 3. The van der Waals surface area contributed by atoms with Crippen LogP contribution in [0.2, 0.25) is 0 Å². The summed E-state index contributed by atoms with van der Waals surface area (Å²) in [5.41, 5.74) is 1.39. The molecule has 1 saturated heterocycles. The van der Waals surface area contributed by atoms with Crippen molar-refractivity contribution in [3.63, 3.8) is 0 Å². The van der Waals surface area contributed by atoms with Gasteiger partial charge in [-0.1, -0.05) is 30.3 Å². The van der Waals surface area contributed by atoms with E-state index in [4.69, 9.17) is 9.47 Å². The van der Waals surface area contributed by atoms with E-state index in [2.05, 4.69) is 4.98 Å². The van der Waals surface area contributed by atoms with E-state index in [0.29, 0.717) is 32.6 Å². The number of likely N-dealkylation sites (N-methyl/N-ethyl adjacent to an activating group) is 1. The third kappa shape index (κ3) is 7.02. The smallest absolute Gasteiger partial charge is 0.259 e. The predicted molar refractivity (Wildman–Crippen MR) is 131 cm³/mol. The lowest BCUT2D eigenvalue weighted by molar-refractivity contribution is -0.138. The standard InChI is InChI=1S/C26H34N4O5/c1-4-28(5-2)24(32)19-35-21-16-29(15-13-20-10-7-6-8-11-20)23(31)18-30(17-21)26(33)22-12-9-14-27-25(22)34-3/h6-12,14,21H,4-5,13,15-19H2,1-3H3. The van der Waals surface area contributed by atoms with Gasteiger partial charge in [-0.25, -0.2) is 4.98 Å². The molecule has 0 bridgehead atoms. The predicted octanol–water partition coefficient (Wildman–Crippen LogP) is 1.87. The summed E-state index contributed by atoms with van der Waals surface area (Å²) in [5.74, 6) is -0.451. The lowest BCUT2D eigenvalue weighted by atomic mass is 10.1. The van der Waals surface area contributed by atoms with E-state index < -0.39 is 6.10 Å². The molecule has 3 rings (SSSR count). The summed E-state index contributed by atoms with van der Waals surface area (Å²) in [7, 11) is 1.45. The summed E-state index contributed by atoms with van der Waals surface area (Å²) in [4.78, 5) is 48.0. The first kappa shape index (κ1) is 26.2. The number of ether oxygens (including phenoxy) is 2. The Kier molecular flexibility index (Phi) is 9.60. The van der Waals surface area contributed by atoms with E-state index >= 15 is 0 Å². The molecule has 1 unspecified atom stereocenters. The summed E-state index contributed by atoms with van der Waals surface area (Å²) in [6.07, 6.45) is 1.71. The molecule has 9 heteroatoms. The normalized spacial score (nSPS) is 16.1. The molecule has 1 aromatic carbocycles. The highest BCUT2D eigenvalue weighted by atomic mass is 16.5. The van der Waals surface area contributed by atoms with Crippen molar-refractivity contribution in [3.8, 4) is 5.88 Å². The Morgan fingerprint density at radius 3 is 2.51 bits per heavy atom. The van der Waals surface area contributed by atoms with Crippen LogP contribution in [0, 0.1) is 0 Å². The number of hydrogen-bond donors (Lipinski definition) is 0. The van der Waals surface area contributed by atoms with Gasteiger partial charge in [-0.2, -0.15) is 0 Å². The van der Waals surface area contributed by atoms with Gasteiger partial charge < -0.3 is 24.2 Å². The summed E-state index contributed by atoms with van der Waals surface area (Å²) in [6.45, 7) is 5.79. The maximum Gasteiger partial charge on any atom is 0.259 e. The van der Waals surface area contributed by atoms with E-state index in [0.717, 1.165) is 5.56 Å². The van der Waals surface area contributed by atoms with Gasteiger partial charge in [0.2, 0.25) is 17.7 Å². The van der Waals surface area contributed by atoms with Crippen LogP contribution in [0.4, 0.5) is 0 Å². The average Bonchev–Trinajstić information content (AvgIpc) is 3.05. The molecule has 2 heterocycles. The van der Waals surface area contributed by atoms with E-state index in [-0.39, 0.29) is 48.9 Å². The quantitative estimate of drug-likeness (QED) is 0.513. The number of carbonyl (C=O) groups excluding carboxylic acids is 3. The maximum absolute atomic E-state index is 13.4. The minimum Gasteiger partial charge on any atom is -0.480 e. The van der Waals surface area contributed by atoms with Crippen molar-refractivity contribution in [2.24, 2.45) is 0 Å². The van der Waals surface area contributed by atoms with Crippen molar-refractivity contribution < 1.29 is 23.9 Å². The number of aromatic nitrogens is 1. The van der Waals surface area contributed by atoms with Crippen LogP contribution in [0.25, 0.3) is 0 Å². The summed E-state index contributed by atoms with van der Waals surface area (Å²) < 4.78 is 11.2. The van der Waals surface area contributed by atoms with Gasteiger partial charge in [0.1, 0.15) is 18.7 Å². The van der Waals surface area contributed by atoms with E-state index in [1.807, 2.05) is 44.2 Å². The zero-order chi connectivity index (χ0) is 25.2. The molecule has 2 aromatic rings. The molecule has 1 fully saturated rings. The Morgan fingerprint density at radius 1 is 1.09 bits per heavy atom. The molecule has 0 saturated carbocycles. The lowest BCUT2D eigenvalue weighted by Gasteiger charge is -2.26. The van der Waals surface area contributed by atoms with Crippen LogP contribution in [0.1, 0.15) is 29.8 Å². The van der Waals surface area contributed by atoms with Gasteiger partial charge in [0.15, 0.2) is 0 Å². The van der Waals surface area contributed by atoms with Crippen LogP contribution in [0.5, 0.6) is 5.88 Å². The largest absolute Gasteiger partial charge is 0.480 e. The van der Waals surface area contributed by atoms with Crippen LogP contribution in [-0.4, -0.2) is 96.5 Å². The van der Waals surface area contributed by atoms with Crippen LogP contribution >= 0.6 is 0 Å². The van der Waals surface area contributed by atoms with E-state index in [1.165, 1.54) is 12.0 Å². The summed E-state index contributed by atoms with van der Waals surface area (Å²) >= 11 is 0. The van der Waals surface area contributed by atoms with E-state index in [1.54, 1.807) is 28.1 Å². The Morgan fingerprint density at radius 2 is 1.83 bits per heavy atom. The Hall–Kier alpha value is -3.46. The Balaban J connectivity index is 1.78. The second-order valence-electron chi connectivity index (χ2n) is 8.32. The number of nitrogens with zero attached hydrogens (tertiary/aromatic N) is 4. The minimum atomic E-state index is -0.511. The van der Waals surface area contributed by atoms with Crippen LogP contribution in [-0.2, 0) is 20.7 Å². The number of rotatable bonds is 10. The molecule has 1 aliphatic rings. The van der Waals surface area contributed by atoms with Gasteiger partial charge in [0.25, 0.3) is 5.91 Å². The third-order valence-electron chi connectivity index (χ3n) is 6.08. The molecule has 1 aromatic heterocycles. The fraction of sp³-hybridized carbons (Fsp3) is 0.462. The first-order valence-corrected chi connectivity index (χ1v) is 12.0. The maximum atomic E-state index is 13.4. The fourth-order valence-corrected chi connectivity index (χ4v) is 4.11. The molecule has 1 atom stereocenters. The van der Waals surface area contributed by atoms with Crippen molar-refractivity contribution in [1.82, 2.24) is 19.7 Å². The number of benzene rings is 1. The summed E-state index contributed by atoms with van der Waals surface area (Å²) in [6, 6.07) is 13.2. The van der Waals surface area contributed by atoms with Crippen molar-refractivity contribution in [3.05, 3.63) is 59.8 Å². The average molecular weight is 483 g/mol. The van der Waals surface area contributed by atoms with Crippen LogP contribution in [0.15, 0.2) is 48.7 Å². The van der Waals surface area contributed by atoms with Gasteiger partial charge in [-0.05, 0) is 38.0 Å². The molecule has 9 nitrogen and oxygen atoms in total. The minimum absolute atomic E-state index is 0.0878. The monoisotopic (exact) mass is 482 g/mol. The van der Waals surface area contributed by atoms with Crippen molar-refractivity contribution >= 4 is 17.7 Å². The van der Waals surface area contributed by atoms with Crippen molar-refractivity contribution in [1.29, 1.82) is 0 Å². The third-order valence-corrected chi connectivity index (χ3v) is 6.08. The highest BCUT2D eigenvalue weighted by Crippen LogP contribution is 2.19. The molecule has 1 aliphatic heterocycles. The molecule has 3 amide bonds. The fourth-order valence-electron chi connectivity index (χ4n) is 4.11. The molecule has 0 N–H and O–H groups in total. The molecule has 35 heavy (non-hydrogen) atoms. The SMILES string of the molecule is CCN(CC)C(=O)COC1CN(CCc2ccccc2)C(=O)CN(C(=O)c2cccnc2OC)C1. The molecular formula is C26H34N4O5. The molecule has 0 spiro atoms. The number of methoxy groups -OCH3 is 1. The lowest BCUT2D eigenvalue weighted by Crippen LogP contribution is -2.41. The topological polar surface area (TPSA) is 92.3 Å². The van der Waals surface area contributed by atoms with Crippen molar-refractivity contribution in [2.45, 2.75) is 26.4 Å². The molecule has 0 aliphatic carbocycles. The number of amides is 3. The number of hydrogen-bond acceptors (Lipinski definition) is 6. The first-order chi connectivity index (χ1) is 17.0. The molecular weight excluding hydrogens is 448 g/mol. The first-order valence-electron chi connectivity index (χ1n) is 12.0. The zero-order valence-electron chi connectivity index (χ0n) is 20.7. The van der Waals surface area contributed by atoms with Crippen LogP contribution < -0.4 is 4.74 Å². The second kappa shape index (κ2) is 12.9. The molecule has 188 valence electrons. The van der Waals surface area contributed by atoms with Gasteiger partial charge in [0.05, 0.1) is 13.2 Å². The highest BCUT2D eigenvalue weighted by molar-refractivity contribution is 5.98. The zero-order valence-corrected chi connectivity index (χ0v) is 20.7.